The lowest BCUT2D eigenvalue weighted by Gasteiger charge is -2.37. The molecule has 1 fully saturated rings. The second-order valence-corrected chi connectivity index (χ2v) is 10.1. The Hall–Kier alpha value is -0.320. The van der Waals surface area contributed by atoms with Crippen LogP contribution in [0.25, 0.3) is 0 Å². The standard InChI is InChI=1S/C21H32ClNOS2/c1-4-7-12-18(21(22)24)23(15-19-25-13-9-14-26-19)20-16(5-2)10-8-11-17(20)6-3/h8,10-11,18-19H,4-7,9,12-15H2,1-3H3. The summed E-state index contributed by atoms with van der Waals surface area (Å²) in [6, 6.07) is 6.33. The molecule has 0 N–H and O–H groups in total. The molecule has 0 spiro atoms. The second-order valence-electron chi connectivity index (χ2n) is 6.77. The van der Waals surface area contributed by atoms with Gasteiger partial charge in [0, 0.05) is 12.2 Å². The molecule has 1 heterocycles. The number of unbranched alkanes of at least 4 members (excludes halogenated alkanes) is 1. The fourth-order valence-electron chi connectivity index (χ4n) is 3.55. The molecule has 0 bridgehead atoms. The lowest BCUT2D eigenvalue weighted by Crippen LogP contribution is -2.44. The number of nitrogens with zero attached hydrogens (tertiary/aromatic N) is 1. The summed E-state index contributed by atoms with van der Waals surface area (Å²) < 4.78 is 0.513. The van der Waals surface area contributed by atoms with Gasteiger partial charge in [-0.05, 0) is 59.9 Å². The first-order valence-electron chi connectivity index (χ1n) is 9.92. The molecule has 5 heteroatoms. The van der Waals surface area contributed by atoms with Crippen LogP contribution in [0.5, 0.6) is 0 Å². The number of hydrogen-bond donors (Lipinski definition) is 0. The van der Waals surface area contributed by atoms with Gasteiger partial charge in [-0.25, -0.2) is 0 Å². The summed E-state index contributed by atoms with van der Waals surface area (Å²) >= 11 is 10.2. The monoisotopic (exact) mass is 413 g/mol. The van der Waals surface area contributed by atoms with Crippen LogP contribution in [0.15, 0.2) is 18.2 Å². The Labute approximate surface area is 172 Å². The van der Waals surface area contributed by atoms with E-state index in [4.69, 9.17) is 11.6 Å². The molecule has 0 radical (unpaired) electrons. The summed E-state index contributed by atoms with van der Waals surface area (Å²) in [5.74, 6) is 2.44. The predicted molar refractivity (Wildman–Crippen MR) is 120 cm³/mol. The van der Waals surface area contributed by atoms with Gasteiger partial charge in [0.05, 0.1) is 4.58 Å². The molecule has 1 aromatic rings. The fraction of sp³-hybridized carbons (Fsp3) is 0.667. The number of benzene rings is 1. The van der Waals surface area contributed by atoms with E-state index in [1.165, 1.54) is 34.7 Å². The molecule has 1 aliphatic rings. The lowest BCUT2D eigenvalue weighted by molar-refractivity contribution is -0.113. The summed E-state index contributed by atoms with van der Waals surface area (Å²) in [4.78, 5) is 14.8. The van der Waals surface area contributed by atoms with Crippen molar-refractivity contribution in [2.75, 3.05) is 23.0 Å². The summed E-state index contributed by atoms with van der Waals surface area (Å²) in [5.41, 5.74) is 3.92. The van der Waals surface area contributed by atoms with Crippen molar-refractivity contribution in [1.82, 2.24) is 0 Å². The minimum absolute atomic E-state index is 0.211. The van der Waals surface area contributed by atoms with Crippen LogP contribution in [0.4, 0.5) is 5.69 Å². The van der Waals surface area contributed by atoms with E-state index in [-0.39, 0.29) is 11.3 Å². The van der Waals surface area contributed by atoms with E-state index in [0.717, 1.165) is 38.6 Å². The highest BCUT2D eigenvalue weighted by atomic mass is 35.5. The SMILES string of the molecule is CCCCC(C(=O)Cl)N(CC1SCCCS1)c1c(CC)cccc1CC. The molecule has 0 saturated carbocycles. The molecule has 1 aliphatic heterocycles. The molecule has 146 valence electrons. The van der Waals surface area contributed by atoms with Crippen molar-refractivity contribution >= 4 is 46.1 Å². The van der Waals surface area contributed by atoms with Crippen molar-refractivity contribution in [1.29, 1.82) is 0 Å². The van der Waals surface area contributed by atoms with E-state index in [1.807, 2.05) is 23.5 Å². The van der Waals surface area contributed by atoms with Crippen molar-refractivity contribution in [3.63, 3.8) is 0 Å². The number of thioether (sulfide) groups is 2. The Morgan fingerprint density at radius 2 is 1.81 bits per heavy atom. The van der Waals surface area contributed by atoms with Crippen LogP contribution in [0.2, 0.25) is 0 Å². The molecule has 2 rings (SSSR count). The molecule has 26 heavy (non-hydrogen) atoms. The first-order valence-corrected chi connectivity index (χ1v) is 12.4. The molecule has 0 aliphatic carbocycles. The molecule has 0 aromatic heterocycles. The molecule has 1 atom stereocenters. The average Bonchev–Trinajstić information content (AvgIpc) is 2.67. The lowest BCUT2D eigenvalue weighted by atomic mass is 9.99. The second kappa shape index (κ2) is 11.5. The van der Waals surface area contributed by atoms with E-state index in [1.54, 1.807) is 0 Å². The molecule has 2 nitrogen and oxygen atoms in total. The zero-order valence-corrected chi connectivity index (χ0v) is 18.7. The van der Waals surface area contributed by atoms with E-state index in [0.29, 0.717) is 4.58 Å². The third kappa shape index (κ3) is 5.84. The molecule has 1 aromatic carbocycles. The van der Waals surface area contributed by atoms with Crippen molar-refractivity contribution in [3.05, 3.63) is 29.3 Å². The van der Waals surface area contributed by atoms with Crippen LogP contribution in [-0.4, -0.2) is 33.9 Å². The van der Waals surface area contributed by atoms with Gasteiger partial charge in [-0.2, -0.15) is 0 Å². The normalized spacial score (nSPS) is 16.5. The number of rotatable bonds is 10. The number of aryl methyl sites for hydroxylation is 2. The molecule has 1 unspecified atom stereocenters. The van der Waals surface area contributed by atoms with Gasteiger partial charge in [-0.3, -0.25) is 4.79 Å². The molecular weight excluding hydrogens is 382 g/mol. The Balaban J connectivity index is 2.43. The van der Waals surface area contributed by atoms with Gasteiger partial charge in [-0.1, -0.05) is 51.8 Å². The number of para-hydroxylation sites is 1. The third-order valence-electron chi connectivity index (χ3n) is 4.96. The van der Waals surface area contributed by atoms with Crippen LogP contribution in [-0.2, 0) is 17.6 Å². The molecule has 0 amide bonds. The number of halogens is 1. The van der Waals surface area contributed by atoms with Crippen LogP contribution < -0.4 is 4.90 Å². The first kappa shape index (κ1) is 22.0. The maximum atomic E-state index is 12.4. The third-order valence-corrected chi connectivity index (χ3v) is 8.12. The van der Waals surface area contributed by atoms with Crippen molar-refractivity contribution < 1.29 is 4.79 Å². The van der Waals surface area contributed by atoms with Gasteiger partial charge in [0.1, 0.15) is 6.04 Å². The van der Waals surface area contributed by atoms with E-state index < -0.39 is 0 Å². The van der Waals surface area contributed by atoms with Crippen LogP contribution in [0.3, 0.4) is 0 Å². The zero-order chi connectivity index (χ0) is 18.9. The minimum atomic E-state index is -0.224. The summed E-state index contributed by atoms with van der Waals surface area (Å²) in [6.45, 7) is 7.46. The Kier molecular flexibility index (Phi) is 9.73. The predicted octanol–water partition coefficient (Wildman–Crippen LogP) is 6.14. The van der Waals surface area contributed by atoms with Crippen molar-refractivity contribution in [2.45, 2.75) is 69.9 Å². The fourth-order valence-corrected chi connectivity index (χ4v) is 6.60. The number of carbonyl (C=O) groups excluding carboxylic acids is 1. The van der Waals surface area contributed by atoms with Gasteiger partial charge in [-0.15, -0.1) is 23.5 Å². The van der Waals surface area contributed by atoms with Crippen LogP contribution in [0.1, 0.15) is 57.6 Å². The minimum Gasteiger partial charge on any atom is -0.358 e. The van der Waals surface area contributed by atoms with Gasteiger partial charge in [0.15, 0.2) is 0 Å². The van der Waals surface area contributed by atoms with Gasteiger partial charge < -0.3 is 4.90 Å². The van der Waals surface area contributed by atoms with Crippen LogP contribution in [0, 0.1) is 0 Å². The van der Waals surface area contributed by atoms with Crippen LogP contribution >= 0.6 is 35.1 Å². The largest absolute Gasteiger partial charge is 0.358 e. The summed E-state index contributed by atoms with van der Waals surface area (Å²) in [6.07, 6.45) is 6.18. The van der Waals surface area contributed by atoms with E-state index in [2.05, 4.69) is 43.9 Å². The van der Waals surface area contributed by atoms with E-state index >= 15 is 0 Å². The highest BCUT2D eigenvalue weighted by Gasteiger charge is 2.30. The van der Waals surface area contributed by atoms with E-state index in [9.17, 15) is 4.79 Å². The zero-order valence-electron chi connectivity index (χ0n) is 16.3. The van der Waals surface area contributed by atoms with Gasteiger partial charge >= 0.3 is 0 Å². The number of carbonyl (C=O) groups is 1. The maximum Gasteiger partial charge on any atom is 0.244 e. The smallest absolute Gasteiger partial charge is 0.244 e. The average molecular weight is 414 g/mol. The number of anilines is 1. The summed E-state index contributed by atoms with van der Waals surface area (Å²) in [5, 5.41) is -0.211. The highest BCUT2D eigenvalue weighted by molar-refractivity contribution is 8.17. The van der Waals surface area contributed by atoms with Gasteiger partial charge in [0.25, 0.3) is 0 Å². The number of hydrogen-bond acceptors (Lipinski definition) is 4. The van der Waals surface area contributed by atoms with Crippen molar-refractivity contribution in [2.24, 2.45) is 0 Å². The molecule has 1 saturated heterocycles. The quantitative estimate of drug-likeness (QED) is 0.429. The Morgan fingerprint density at radius 1 is 1.19 bits per heavy atom. The maximum absolute atomic E-state index is 12.4. The topological polar surface area (TPSA) is 20.3 Å². The molecular formula is C21H32ClNOS2. The Morgan fingerprint density at radius 3 is 2.31 bits per heavy atom. The van der Waals surface area contributed by atoms with Crippen molar-refractivity contribution in [3.8, 4) is 0 Å². The first-order chi connectivity index (χ1) is 12.6. The Bertz CT molecular complexity index is 553. The van der Waals surface area contributed by atoms with Gasteiger partial charge in [0.2, 0.25) is 5.24 Å². The highest BCUT2D eigenvalue weighted by Crippen LogP contribution is 2.36. The summed E-state index contributed by atoms with van der Waals surface area (Å²) in [7, 11) is 0.